The van der Waals surface area contributed by atoms with Gasteiger partial charge in [0.05, 0.1) is 11.6 Å². The Hall–Kier alpha value is -2.09. The Morgan fingerprint density at radius 1 is 0.852 bits per heavy atom. The van der Waals surface area contributed by atoms with Gasteiger partial charge in [-0.3, -0.25) is 4.79 Å². The normalized spacial score (nSPS) is 14.2. The molecular formula is C25H39NO. The molecule has 0 N–H and O–H groups in total. The van der Waals surface area contributed by atoms with Crippen molar-refractivity contribution in [2.45, 2.75) is 67.7 Å². The van der Waals surface area contributed by atoms with E-state index in [2.05, 4.69) is 45.9 Å². The van der Waals surface area contributed by atoms with Crippen molar-refractivity contribution in [1.82, 2.24) is 0 Å². The Bertz CT molecular complexity index is 676. The molecule has 27 heavy (non-hydrogen) atoms. The van der Waals surface area contributed by atoms with Gasteiger partial charge >= 0.3 is 0 Å². The minimum atomic E-state index is -0.0800. The molecule has 2 aromatic carbocycles. The van der Waals surface area contributed by atoms with Crippen molar-refractivity contribution in [2.75, 3.05) is 11.9 Å². The molecule has 0 fully saturated rings. The van der Waals surface area contributed by atoms with E-state index in [1.165, 1.54) is 12.0 Å². The van der Waals surface area contributed by atoms with Crippen molar-refractivity contribution < 1.29 is 4.79 Å². The van der Waals surface area contributed by atoms with E-state index in [0.29, 0.717) is 0 Å². The smallest absolute Gasteiger partial charge is 0.234 e. The van der Waals surface area contributed by atoms with Crippen LogP contribution in [0.4, 0.5) is 5.69 Å². The minimum absolute atomic E-state index is 0.0800. The summed E-state index contributed by atoms with van der Waals surface area (Å²) in [6, 6.07) is 16.4. The first-order chi connectivity index (χ1) is 13.0. The Morgan fingerprint density at radius 3 is 1.81 bits per heavy atom. The standard InChI is InChI=1S/C18H19NO.C3H8.2C2H6/c1-12(2)17-15-10-5-4-8-13(15)14-9-6-7-11-16(14)19(3)18(17)20;1-3-2;2*1-2/h4-12,17H,1-3H3;3H2,1-2H3;2*1-2H3. The van der Waals surface area contributed by atoms with Crippen LogP contribution in [0.1, 0.15) is 73.3 Å². The topological polar surface area (TPSA) is 20.3 Å². The Morgan fingerprint density at radius 2 is 1.30 bits per heavy atom. The van der Waals surface area contributed by atoms with E-state index in [-0.39, 0.29) is 17.7 Å². The van der Waals surface area contributed by atoms with E-state index in [9.17, 15) is 4.79 Å². The fraction of sp³-hybridized carbons (Fsp3) is 0.480. The average Bonchev–Trinajstić information content (AvgIpc) is 2.80. The summed E-state index contributed by atoms with van der Waals surface area (Å²) >= 11 is 0. The fourth-order valence-electron chi connectivity index (χ4n) is 3.11. The second-order valence-electron chi connectivity index (χ2n) is 6.43. The predicted molar refractivity (Wildman–Crippen MR) is 122 cm³/mol. The number of para-hydroxylation sites is 1. The number of carbonyl (C=O) groups is 1. The first kappa shape index (κ1) is 24.9. The van der Waals surface area contributed by atoms with Gasteiger partial charge in [-0.15, -0.1) is 0 Å². The van der Waals surface area contributed by atoms with E-state index in [4.69, 9.17) is 0 Å². The van der Waals surface area contributed by atoms with Crippen molar-refractivity contribution in [1.29, 1.82) is 0 Å². The largest absolute Gasteiger partial charge is 0.314 e. The van der Waals surface area contributed by atoms with Crippen LogP contribution in [-0.2, 0) is 4.79 Å². The van der Waals surface area contributed by atoms with Gasteiger partial charge in [-0.2, -0.15) is 0 Å². The van der Waals surface area contributed by atoms with Gasteiger partial charge in [0.15, 0.2) is 0 Å². The summed E-state index contributed by atoms with van der Waals surface area (Å²) in [6.45, 7) is 16.5. The Balaban J connectivity index is 0.000000860. The molecule has 1 aliphatic rings. The number of carbonyl (C=O) groups excluding carboxylic acids is 1. The van der Waals surface area contributed by atoms with Gasteiger partial charge in [-0.1, -0.05) is 104 Å². The first-order valence-corrected chi connectivity index (χ1v) is 10.5. The fourth-order valence-corrected chi connectivity index (χ4v) is 3.11. The van der Waals surface area contributed by atoms with Crippen LogP contribution >= 0.6 is 0 Å². The molecule has 1 heterocycles. The molecule has 0 aromatic heterocycles. The highest BCUT2D eigenvalue weighted by atomic mass is 16.2. The van der Waals surface area contributed by atoms with Crippen molar-refractivity contribution >= 4 is 11.6 Å². The lowest BCUT2D eigenvalue weighted by molar-refractivity contribution is -0.120. The van der Waals surface area contributed by atoms with E-state index in [0.717, 1.165) is 16.8 Å². The maximum absolute atomic E-state index is 12.8. The lowest BCUT2D eigenvalue weighted by Gasteiger charge is -2.24. The second-order valence-corrected chi connectivity index (χ2v) is 6.43. The molecule has 0 saturated carbocycles. The molecule has 1 amide bonds. The molecule has 1 unspecified atom stereocenters. The molecule has 1 atom stereocenters. The van der Waals surface area contributed by atoms with Crippen molar-refractivity contribution in [3.63, 3.8) is 0 Å². The third-order valence-electron chi connectivity index (χ3n) is 4.11. The Labute approximate surface area is 167 Å². The van der Waals surface area contributed by atoms with E-state index < -0.39 is 0 Å². The first-order valence-electron chi connectivity index (χ1n) is 10.5. The highest BCUT2D eigenvalue weighted by Crippen LogP contribution is 2.42. The van der Waals surface area contributed by atoms with Crippen LogP contribution in [0.2, 0.25) is 0 Å². The third kappa shape index (κ3) is 5.95. The summed E-state index contributed by atoms with van der Waals surface area (Å²) in [5.74, 6) is 0.376. The van der Waals surface area contributed by atoms with Crippen LogP contribution in [0.3, 0.4) is 0 Å². The number of hydrogen-bond donors (Lipinski definition) is 0. The number of anilines is 1. The van der Waals surface area contributed by atoms with E-state index in [1.54, 1.807) is 4.90 Å². The van der Waals surface area contributed by atoms with Crippen LogP contribution in [0, 0.1) is 5.92 Å². The summed E-state index contributed by atoms with van der Waals surface area (Å²) in [5.41, 5.74) is 4.46. The highest BCUT2D eigenvalue weighted by molar-refractivity contribution is 6.04. The molecular weight excluding hydrogens is 330 g/mol. The zero-order valence-corrected chi connectivity index (χ0v) is 18.8. The summed E-state index contributed by atoms with van der Waals surface area (Å²) in [6.07, 6.45) is 1.25. The van der Waals surface area contributed by atoms with E-state index >= 15 is 0 Å². The van der Waals surface area contributed by atoms with Crippen LogP contribution in [0.15, 0.2) is 48.5 Å². The zero-order valence-electron chi connectivity index (χ0n) is 18.8. The van der Waals surface area contributed by atoms with E-state index in [1.807, 2.05) is 65.1 Å². The maximum Gasteiger partial charge on any atom is 0.234 e. The molecule has 0 aliphatic carbocycles. The summed E-state index contributed by atoms with van der Waals surface area (Å²) in [4.78, 5) is 14.6. The number of fused-ring (bicyclic) bond motifs is 3. The number of benzene rings is 2. The highest BCUT2D eigenvalue weighted by Gasteiger charge is 2.33. The van der Waals surface area contributed by atoms with Crippen molar-refractivity contribution in [2.24, 2.45) is 5.92 Å². The van der Waals surface area contributed by atoms with Crippen LogP contribution in [0.25, 0.3) is 11.1 Å². The molecule has 1 aliphatic heterocycles. The molecule has 0 bridgehead atoms. The maximum atomic E-state index is 12.8. The van der Waals surface area contributed by atoms with Gasteiger partial charge in [0, 0.05) is 12.6 Å². The molecule has 150 valence electrons. The number of hydrogen-bond acceptors (Lipinski definition) is 1. The number of amides is 1. The number of nitrogens with zero attached hydrogens (tertiary/aromatic N) is 1. The predicted octanol–water partition coefficient (Wildman–Crippen LogP) is 7.54. The Kier molecular flexibility index (Phi) is 12.1. The van der Waals surface area contributed by atoms with Crippen LogP contribution in [0.5, 0.6) is 0 Å². The molecule has 0 spiro atoms. The molecule has 3 rings (SSSR count). The van der Waals surface area contributed by atoms with Gasteiger partial charge in [-0.25, -0.2) is 0 Å². The summed E-state index contributed by atoms with van der Waals surface area (Å²) < 4.78 is 0. The SMILES string of the molecule is CC.CC.CC(C)C1C(=O)N(C)c2ccccc2-c2ccccc21.CCC. The van der Waals surface area contributed by atoms with Gasteiger partial charge in [0.2, 0.25) is 5.91 Å². The zero-order chi connectivity index (χ0) is 21.0. The van der Waals surface area contributed by atoms with Crippen molar-refractivity contribution in [3.8, 4) is 11.1 Å². The molecule has 0 saturated heterocycles. The summed E-state index contributed by atoms with van der Waals surface area (Å²) in [5, 5.41) is 0. The minimum Gasteiger partial charge on any atom is -0.314 e. The van der Waals surface area contributed by atoms with Gasteiger partial charge < -0.3 is 4.90 Å². The number of likely N-dealkylation sites (N-methyl/N-ethyl adjacent to an activating group) is 1. The monoisotopic (exact) mass is 369 g/mol. The van der Waals surface area contributed by atoms with Crippen LogP contribution < -0.4 is 4.90 Å². The van der Waals surface area contributed by atoms with Gasteiger partial charge in [0.1, 0.15) is 0 Å². The lowest BCUT2D eigenvalue weighted by atomic mass is 9.84. The average molecular weight is 370 g/mol. The quantitative estimate of drug-likeness (QED) is 0.508. The lowest BCUT2D eigenvalue weighted by Crippen LogP contribution is -2.33. The third-order valence-corrected chi connectivity index (χ3v) is 4.11. The number of rotatable bonds is 1. The van der Waals surface area contributed by atoms with Gasteiger partial charge in [0.25, 0.3) is 0 Å². The van der Waals surface area contributed by atoms with Gasteiger partial charge in [-0.05, 0) is 23.1 Å². The van der Waals surface area contributed by atoms with Crippen molar-refractivity contribution in [3.05, 3.63) is 54.1 Å². The molecule has 0 radical (unpaired) electrons. The second kappa shape index (κ2) is 13.1. The molecule has 2 heteroatoms. The van der Waals surface area contributed by atoms with Crippen LogP contribution in [-0.4, -0.2) is 13.0 Å². The molecule has 2 nitrogen and oxygen atoms in total. The summed E-state index contributed by atoms with van der Waals surface area (Å²) in [7, 11) is 1.88. The molecule has 2 aromatic rings.